The van der Waals surface area contributed by atoms with E-state index in [-0.39, 0.29) is 23.4 Å². The molecule has 0 saturated carbocycles. The van der Waals surface area contributed by atoms with Gasteiger partial charge < -0.3 is 10.4 Å². The van der Waals surface area contributed by atoms with Crippen LogP contribution in [0, 0.1) is 5.82 Å². The Morgan fingerprint density at radius 1 is 1.04 bits per heavy atom. The van der Waals surface area contributed by atoms with Crippen molar-refractivity contribution in [2.75, 3.05) is 5.32 Å². The summed E-state index contributed by atoms with van der Waals surface area (Å²) in [4.78, 5) is 24.3. The molecular weight excluding hydrogens is 361 g/mol. The molecule has 0 atom stereocenters. The van der Waals surface area contributed by atoms with Crippen molar-refractivity contribution in [1.82, 2.24) is 5.43 Å². The molecule has 0 aliphatic heterocycles. The third-order valence-electron chi connectivity index (χ3n) is 4.06. The highest BCUT2D eigenvalue weighted by Crippen LogP contribution is 2.28. The van der Waals surface area contributed by atoms with Crippen molar-refractivity contribution in [3.63, 3.8) is 0 Å². The summed E-state index contributed by atoms with van der Waals surface area (Å²) in [5.41, 5.74) is 2.79. The Labute approximate surface area is 160 Å². The number of phenolic OH excluding ortho intramolecular Hbond substituents is 1. The molecule has 0 aliphatic carbocycles. The predicted octanol–water partition coefficient (Wildman–Crippen LogP) is 3.82. The molecule has 142 valence electrons. The average molecular weight is 379 g/mol. The van der Waals surface area contributed by atoms with Gasteiger partial charge in [-0.1, -0.05) is 42.5 Å². The average Bonchev–Trinajstić information content (AvgIpc) is 2.68. The van der Waals surface area contributed by atoms with E-state index in [4.69, 9.17) is 0 Å². The van der Waals surface area contributed by atoms with E-state index in [9.17, 15) is 19.1 Å². The van der Waals surface area contributed by atoms with Crippen LogP contribution in [0.5, 0.6) is 5.75 Å². The lowest BCUT2D eigenvalue weighted by atomic mass is 10.1. The molecule has 3 aromatic carbocycles. The molecule has 3 N–H and O–H groups in total. The summed E-state index contributed by atoms with van der Waals surface area (Å²) < 4.78 is 13.6. The maximum atomic E-state index is 13.6. The van der Waals surface area contributed by atoms with E-state index in [2.05, 4.69) is 15.8 Å². The second-order valence-corrected chi connectivity index (χ2v) is 6.18. The topological polar surface area (TPSA) is 90.8 Å². The largest absolute Gasteiger partial charge is 0.506 e. The number of hydrogen-bond acceptors (Lipinski definition) is 4. The zero-order valence-electron chi connectivity index (χ0n) is 15.1. The maximum Gasteiger partial charge on any atom is 0.275 e. The van der Waals surface area contributed by atoms with Crippen LogP contribution in [0.2, 0.25) is 0 Å². The van der Waals surface area contributed by atoms with E-state index < -0.39 is 17.6 Å². The van der Waals surface area contributed by atoms with Gasteiger partial charge in [0.25, 0.3) is 5.91 Å². The Morgan fingerprint density at radius 2 is 1.75 bits per heavy atom. The highest BCUT2D eigenvalue weighted by Gasteiger charge is 2.14. The molecule has 0 bridgehead atoms. The Balaban J connectivity index is 1.64. The van der Waals surface area contributed by atoms with Crippen LogP contribution in [0.4, 0.5) is 10.1 Å². The minimum Gasteiger partial charge on any atom is -0.506 e. The molecule has 0 spiro atoms. The third kappa shape index (κ3) is 4.32. The van der Waals surface area contributed by atoms with Gasteiger partial charge in [-0.3, -0.25) is 9.59 Å². The number of rotatable bonds is 5. The van der Waals surface area contributed by atoms with Crippen LogP contribution in [-0.4, -0.2) is 22.6 Å². The number of para-hydroxylation sites is 1. The molecule has 0 unspecified atom stereocenters. The first-order valence-corrected chi connectivity index (χ1v) is 8.54. The molecule has 0 radical (unpaired) electrons. The van der Waals surface area contributed by atoms with E-state index in [1.807, 2.05) is 12.1 Å². The fourth-order valence-electron chi connectivity index (χ4n) is 2.67. The van der Waals surface area contributed by atoms with Crippen molar-refractivity contribution in [3.05, 3.63) is 72.0 Å². The molecule has 3 aromatic rings. The molecule has 3 rings (SSSR count). The van der Waals surface area contributed by atoms with Gasteiger partial charge in [-0.05, 0) is 30.5 Å². The summed E-state index contributed by atoms with van der Waals surface area (Å²) >= 11 is 0. The highest BCUT2D eigenvalue weighted by atomic mass is 19.1. The van der Waals surface area contributed by atoms with Crippen molar-refractivity contribution in [2.45, 2.75) is 13.3 Å². The predicted molar refractivity (Wildman–Crippen MR) is 106 cm³/mol. The van der Waals surface area contributed by atoms with Crippen molar-refractivity contribution in [1.29, 1.82) is 0 Å². The molecule has 0 heterocycles. The molecule has 0 saturated heterocycles. The zero-order chi connectivity index (χ0) is 20.1. The highest BCUT2D eigenvalue weighted by molar-refractivity contribution is 6.07. The Hall–Kier alpha value is -3.74. The first-order chi connectivity index (χ1) is 13.5. The number of amides is 2. The summed E-state index contributed by atoms with van der Waals surface area (Å²) in [6.07, 6.45) is -0.127. The number of carbonyl (C=O) groups excluding carboxylic acids is 2. The summed E-state index contributed by atoms with van der Waals surface area (Å²) in [6.45, 7) is 1.56. The number of hydrazone groups is 1. The lowest BCUT2D eigenvalue weighted by Crippen LogP contribution is -2.21. The van der Waals surface area contributed by atoms with Crippen LogP contribution in [0.15, 0.2) is 65.8 Å². The van der Waals surface area contributed by atoms with Crippen LogP contribution in [-0.2, 0) is 4.79 Å². The number of fused-ring (bicyclic) bond motifs is 1. The van der Waals surface area contributed by atoms with Gasteiger partial charge in [0.05, 0.1) is 17.7 Å². The monoisotopic (exact) mass is 379 g/mol. The Morgan fingerprint density at radius 3 is 2.54 bits per heavy atom. The lowest BCUT2D eigenvalue weighted by molar-refractivity contribution is -0.115. The summed E-state index contributed by atoms with van der Waals surface area (Å²) in [5, 5.41) is 18.0. The SMILES string of the molecule is C/C(CC(=O)Nc1ccccc1F)=N/NC(=O)c1ccc2ccccc2c1O. The van der Waals surface area contributed by atoms with Gasteiger partial charge in [-0.25, -0.2) is 9.82 Å². The van der Waals surface area contributed by atoms with Crippen LogP contribution in [0.1, 0.15) is 23.7 Å². The number of phenols is 1. The van der Waals surface area contributed by atoms with E-state index in [0.717, 1.165) is 5.39 Å². The van der Waals surface area contributed by atoms with Gasteiger partial charge >= 0.3 is 0 Å². The van der Waals surface area contributed by atoms with Gasteiger partial charge in [-0.15, -0.1) is 0 Å². The second-order valence-electron chi connectivity index (χ2n) is 6.18. The third-order valence-corrected chi connectivity index (χ3v) is 4.06. The number of halogens is 1. The zero-order valence-corrected chi connectivity index (χ0v) is 15.1. The van der Waals surface area contributed by atoms with Gasteiger partial charge in [0.2, 0.25) is 5.91 Å². The van der Waals surface area contributed by atoms with Crippen molar-refractivity contribution in [3.8, 4) is 5.75 Å². The van der Waals surface area contributed by atoms with E-state index in [1.165, 1.54) is 24.3 Å². The number of anilines is 1. The molecule has 0 aromatic heterocycles. The molecule has 28 heavy (non-hydrogen) atoms. The van der Waals surface area contributed by atoms with Crippen LogP contribution in [0.25, 0.3) is 10.8 Å². The molecule has 0 aliphatic rings. The van der Waals surface area contributed by atoms with Gasteiger partial charge in [-0.2, -0.15) is 5.10 Å². The molecule has 7 heteroatoms. The first-order valence-electron chi connectivity index (χ1n) is 8.54. The fraction of sp³-hybridized carbons (Fsp3) is 0.0952. The first kappa shape index (κ1) is 19.0. The van der Waals surface area contributed by atoms with Crippen LogP contribution in [0.3, 0.4) is 0 Å². The minimum atomic E-state index is -0.600. The smallest absolute Gasteiger partial charge is 0.275 e. The molecule has 2 amide bonds. The summed E-state index contributed by atoms with van der Waals surface area (Å²) in [5.74, 6) is -1.74. The standard InChI is InChI=1S/C21H18FN3O3/c1-13(12-19(26)23-18-9-5-4-8-17(18)22)24-25-21(28)16-11-10-14-6-2-3-7-15(14)20(16)27/h2-11,27H,12H2,1H3,(H,23,26)(H,25,28)/b24-13-. The second kappa shape index (κ2) is 8.30. The maximum absolute atomic E-state index is 13.6. The molecule has 0 fully saturated rings. The number of carbonyl (C=O) groups is 2. The normalized spacial score (nSPS) is 11.3. The minimum absolute atomic E-state index is 0.0745. The fourth-order valence-corrected chi connectivity index (χ4v) is 2.67. The van der Waals surface area contributed by atoms with Crippen molar-refractivity contribution >= 4 is 34.0 Å². The van der Waals surface area contributed by atoms with Gasteiger partial charge in [0.15, 0.2) is 0 Å². The summed E-state index contributed by atoms with van der Waals surface area (Å²) in [6, 6.07) is 16.2. The Kier molecular flexibility index (Phi) is 5.64. The lowest BCUT2D eigenvalue weighted by Gasteiger charge is -2.08. The van der Waals surface area contributed by atoms with Crippen molar-refractivity contribution < 1.29 is 19.1 Å². The van der Waals surface area contributed by atoms with Gasteiger partial charge in [0.1, 0.15) is 11.6 Å². The number of nitrogens with one attached hydrogen (secondary N) is 2. The van der Waals surface area contributed by atoms with E-state index >= 15 is 0 Å². The molecular formula is C21H18FN3O3. The van der Waals surface area contributed by atoms with Crippen LogP contribution < -0.4 is 10.7 Å². The number of nitrogens with zero attached hydrogens (tertiary/aromatic N) is 1. The molecule has 6 nitrogen and oxygen atoms in total. The summed E-state index contributed by atoms with van der Waals surface area (Å²) in [7, 11) is 0. The Bertz CT molecular complexity index is 1080. The van der Waals surface area contributed by atoms with E-state index in [0.29, 0.717) is 11.1 Å². The number of benzene rings is 3. The quantitative estimate of drug-likeness (QED) is 0.465. The van der Waals surface area contributed by atoms with E-state index in [1.54, 1.807) is 31.2 Å². The van der Waals surface area contributed by atoms with Crippen molar-refractivity contribution in [2.24, 2.45) is 5.10 Å². The van der Waals surface area contributed by atoms with Gasteiger partial charge in [0, 0.05) is 11.1 Å². The number of hydrogen-bond donors (Lipinski definition) is 3. The number of aromatic hydroxyl groups is 1. The van der Waals surface area contributed by atoms with Crippen LogP contribution >= 0.6 is 0 Å².